The zero-order valence-corrected chi connectivity index (χ0v) is 16.3. The molecule has 0 N–H and O–H groups in total. The second-order valence-corrected chi connectivity index (χ2v) is 13.6. The molecular formula is C13H20NO4PS3. The highest BCUT2D eigenvalue weighted by Gasteiger charge is 2.23. The standard InChI is InChI=1S/C13H20NO4PS3/c1-5-17-19(20,22-10-21-13(2,3)4)18-12-8-6-11(7-9-12)14(15)16/h6-9H,5,10H2,1-4H3. The fourth-order valence-electron chi connectivity index (χ4n) is 1.27. The minimum atomic E-state index is -2.51. The van der Waals surface area contributed by atoms with E-state index in [4.69, 9.17) is 20.9 Å². The maximum Gasteiger partial charge on any atom is 0.298 e. The lowest BCUT2D eigenvalue weighted by atomic mass is 10.3. The van der Waals surface area contributed by atoms with Gasteiger partial charge in [-0.05, 0) is 42.2 Å². The molecule has 0 saturated carbocycles. The van der Waals surface area contributed by atoms with Gasteiger partial charge in [0.15, 0.2) is 0 Å². The van der Waals surface area contributed by atoms with E-state index in [0.717, 1.165) is 5.08 Å². The maximum absolute atomic E-state index is 10.7. The van der Waals surface area contributed by atoms with Crippen LogP contribution in [0.2, 0.25) is 0 Å². The van der Waals surface area contributed by atoms with Crippen molar-refractivity contribution in [2.24, 2.45) is 0 Å². The van der Waals surface area contributed by atoms with Crippen LogP contribution in [0.5, 0.6) is 5.75 Å². The maximum atomic E-state index is 10.7. The van der Waals surface area contributed by atoms with E-state index < -0.39 is 10.6 Å². The van der Waals surface area contributed by atoms with Crippen molar-refractivity contribution in [1.82, 2.24) is 0 Å². The van der Waals surface area contributed by atoms with Crippen LogP contribution >= 0.6 is 28.8 Å². The molecule has 1 aromatic rings. The van der Waals surface area contributed by atoms with E-state index in [2.05, 4.69) is 20.8 Å². The second-order valence-electron chi connectivity index (χ2n) is 5.21. The number of rotatable bonds is 8. The van der Waals surface area contributed by atoms with E-state index in [-0.39, 0.29) is 10.4 Å². The first-order valence-electron chi connectivity index (χ1n) is 6.62. The largest absolute Gasteiger partial charge is 0.436 e. The molecule has 1 atom stereocenters. The third kappa shape index (κ3) is 7.33. The average molecular weight is 381 g/mol. The molecule has 9 heteroatoms. The number of thioether (sulfide) groups is 1. The van der Waals surface area contributed by atoms with Crippen molar-refractivity contribution in [2.75, 3.05) is 11.7 Å². The topological polar surface area (TPSA) is 61.6 Å². The Labute approximate surface area is 144 Å². The molecule has 0 aromatic heterocycles. The first kappa shape index (κ1) is 19.8. The van der Waals surface area contributed by atoms with Crippen molar-refractivity contribution >= 4 is 46.3 Å². The molecule has 0 radical (unpaired) electrons. The quantitative estimate of drug-likeness (QED) is 0.256. The molecule has 5 nitrogen and oxygen atoms in total. The van der Waals surface area contributed by atoms with Crippen LogP contribution in [0.1, 0.15) is 27.7 Å². The first-order valence-corrected chi connectivity index (χ1v) is 11.8. The lowest BCUT2D eigenvalue weighted by molar-refractivity contribution is -0.384. The normalized spacial score (nSPS) is 14.4. The van der Waals surface area contributed by atoms with E-state index in [1.165, 1.54) is 23.5 Å². The van der Waals surface area contributed by atoms with Crippen molar-refractivity contribution in [1.29, 1.82) is 0 Å². The third-order valence-electron chi connectivity index (χ3n) is 2.25. The molecule has 0 heterocycles. The lowest BCUT2D eigenvalue weighted by Crippen LogP contribution is -2.07. The first-order chi connectivity index (χ1) is 10.2. The van der Waals surface area contributed by atoms with Crippen LogP contribution in [0.25, 0.3) is 0 Å². The van der Waals surface area contributed by atoms with E-state index in [0.29, 0.717) is 12.4 Å². The van der Waals surface area contributed by atoms with Crippen LogP contribution in [0.3, 0.4) is 0 Å². The van der Waals surface area contributed by atoms with E-state index in [1.54, 1.807) is 23.9 Å². The molecular weight excluding hydrogens is 361 g/mol. The van der Waals surface area contributed by atoms with Crippen LogP contribution < -0.4 is 4.52 Å². The molecule has 22 heavy (non-hydrogen) atoms. The summed E-state index contributed by atoms with van der Waals surface area (Å²) in [5.74, 6) is 0.496. The zero-order chi connectivity index (χ0) is 16.8. The number of nitro groups is 1. The summed E-state index contributed by atoms with van der Waals surface area (Å²) in [6.45, 7) is 8.76. The van der Waals surface area contributed by atoms with Gasteiger partial charge in [-0.2, -0.15) is 0 Å². The van der Waals surface area contributed by atoms with Crippen molar-refractivity contribution in [3.05, 3.63) is 34.4 Å². The van der Waals surface area contributed by atoms with Gasteiger partial charge in [-0.3, -0.25) is 10.1 Å². The molecule has 0 amide bonds. The summed E-state index contributed by atoms with van der Waals surface area (Å²) in [5, 5.41) is 11.4. The molecule has 0 aliphatic heterocycles. The van der Waals surface area contributed by atoms with Gasteiger partial charge in [0.05, 0.1) is 11.5 Å². The summed E-state index contributed by atoms with van der Waals surface area (Å²) in [5.41, 5.74) is -2.49. The third-order valence-corrected chi connectivity index (χ3v) is 9.26. The molecule has 0 aliphatic carbocycles. The van der Waals surface area contributed by atoms with Crippen LogP contribution in [-0.4, -0.2) is 21.4 Å². The Morgan fingerprint density at radius 1 is 1.32 bits per heavy atom. The predicted molar refractivity (Wildman–Crippen MR) is 99.4 cm³/mol. The van der Waals surface area contributed by atoms with E-state index in [1.807, 2.05) is 6.92 Å². The summed E-state index contributed by atoms with van der Waals surface area (Å²) >= 11 is 8.81. The van der Waals surface area contributed by atoms with Crippen molar-refractivity contribution in [3.8, 4) is 5.75 Å². The monoisotopic (exact) mass is 381 g/mol. The van der Waals surface area contributed by atoms with Gasteiger partial charge in [-0.25, -0.2) is 0 Å². The van der Waals surface area contributed by atoms with Gasteiger partial charge in [0.1, 0.15) is 5.75 Å². The molecule has 0 bridgehead atoms. The second kappa shape index (κ2) is 8.55. The Hall–Kier alpha value is -0.270. The molecule has 124 valence electrons. The highest BCUT2D eigenvalue weighted by Crippen LogP contribution is 2.61. The molecule has 1 rings (SSSR count). The van der Waals surface area contributed by atoms with Crippen molar-refractivity contribution in [2.45, 2.75) is 32.4 Å². The van der Waals surface area contributed by atoms with Crippen molar-refractivity contribution < 1.29 is 14.0 Å². The van der Waals surface area contributed by atoms with Gasteiger partial charge in [0.25, 0.3) is 11.4 Å². The average Bonchev–Trinajstić information content (AvgIpc) is 2.37. The van der Waals surface area contributed by atoms with Crippen LogP contribution in [0.15, 0.2) is 24.3 Å². The molecule has 1 unspecified atom stereocenters. The Kier molecular flexibility index (Phi) is 7.68. The number of benzene rings is 1. The van der Waals surface area contributed by atoms with Crippen LogP contribution in [-0.2, 0) is 16.3 Å². The Morgan fingerprint density at radius 2 is 1.91 bits per heavy atom. The van der Waals surface area contributed by atoms with Crippen LogP contribution in [0.4, 0.5) is 5.69 Å². The predicted octanol–water partition coefficient (Wildman–Crippen LogP) is 5.46. The molecule has 0 spiro atoms. The number of nitro benzene ring substituents is 1. The minimum Gasteiger partial charge on any atom is -0.436 e. The van der Waals surface area contributed by atoms with Gasteiger partial charge < -0.3 is 9.05 Å². The van der Waals surface area contributed by atoms with Gasteiger partial charge >= 0.3 is 0 Å². The summed E-state index contributed by atoms with van der Waals surface area (Å²) in [7, 11) is 0. The minimum absolute atomic E-state index is 0.0213. The Morgan fingerprint density at radius 3 is 2.36 bits per heavy atom. The van der Waals surface area contributed by atoms with Crippen LogP contribution in [0, 0.1) is 10.1 Å². The summed E-state index contributed by atoms with van der Waals surface area (Å²) in [6, 6.07) is 5.90. The summed E-state index contributed by atoms with van der Waals surface area (Å²) in [4.78, 5) is 10.2. The number of nitrogens with zero attached hydrogens (tertiary/aromatic N) is 1. The Balaban J connectivity index is 2.73. The molecule has 0 fully saturated rings. The van der Waals surface area contributed by atoms with Crippen molar-refractivity contribution in [3.63, 3.8) is 0 Å². The van der Waals surface area contributed by atoms with Gasteiger partial charge in [-0.15, -0.1) is 11.8 Å². The summed E-state index contributed by atoms with van der Waals surface area (Å²) < 4.78 is 11.6. The molecule has 0 saturated heterocycles. The number of hydrogen-bond donors (Lipinski definition) is 0. The highest BCUT2D eigenvalue weighted by molar-refractivity contribution is 8.69. The van der Waals surface area contributed by atoms with Gasteiger partial charge in [0.2, 0.25) is 0 Å². The highest BCUT2D eigenvalue weighted by atomic mass is 32.9. The lowest BCUT2D eigenvalue weighted by Gasteiger charge is -2.23. The number of hydrogen-bond acceptors (Lipinski definition) is 7. The fraction of sp³-hybridized carbons (Fsp3) is 0.538. The van der Waals surface area contributed by atoms with Gasteiger partial charge in [-0.1, -0.05) is 20.8 Å². The Bertz CT molecular complexity index is 545. The van der Waals surface area contributed by atoms with Gasteiger partial charge in [0, 0.05) is 22.0 Å². The summed E-state index contributed by atoms with van der Waals surface area (Å²) in [6.07, 6.45) is 0. The van der Waals surface area contributed by atoms with E-state index >= 15 is 0 Å². The zero-order valence-electron chi connectivity index (χ0n) is 13.0. The molecule has 1 aromatic carbocycles. The molecule has 0 aliphatic rings. The smallest absolute Gasteiger partial charge is 0.298 e. The number of non-ortho nitro benzene ring substituents is 1. The fourth-order valence-corrected chi connectivity index (χ4v) is 8.62. The van der Waals surface area contributed by atoms with E-state index in [9.17, 15) is 10.1 Å². The SMILES string of the molecule is CCOP(=S)(Oc1ccc([N+](=O)[O-])cc1)SCSC(C)(C)C.